The Morgan fingerprint density at radius 2 is 2.17 bits per heavy atom. The van der Waals surface area contributed by atoms with Crippen molar-refractivity contribution < 1.29 is 4.79 Å². The molecule has 1 aliphatic rings. The van der Waals surface area contributed by atoms with Crippen molar-refractivity contribution >= 4 is 23.2 Å². The molecular formula is C14H11ClN2O. The number of halogens is 1. The molecule has 0 spiro atoms. The molecule has 0 aliphatic carbocycles. The highest BCUT2D eigenvalue weighted by atomic mass is 35.5. The van der Waals surface area contributed by atoms with Crippen LogP contribution in [0.25, 0.3) is 11.1 Å². The van der Waals surface area contributed by atoms with Crippen molar-refractivity contribution in [2.24, 2.45) is 0 Å². The van der Waals surface area contributed by atoms with Gasteiger partial charge in [0.1, 0.15) is 0 Å². The van der Waals surface area contributed by atoms with Crippen molar-refractivity contribution in [1.29, 1.82) is 0 Å². The Bertz CT molecular complexity index is 625. The van der Waals surface area contributed by atoms with Gasteiger partial charge in [-0.15, -0.1) is 0 Å². The molecule has 2 aromatic rings. The molecule has 0 saturated carbocycles. The highest BCUT2D eigenvalue weighted by molar-refractivity contribution is 6.35. The Labute approximate surface area is 110 Å². The van der Waals surface area contributed by atoms with Crippen LogP contribution in [0.5, 0.6) is 0 Å². The second kappa shape index (κ2) is 4.10. The van der Waals surface area contributed by atoms with E-state index >= 15 is 0 Å². The largest absolute Gasteiger partial charge is 0.313 e. The van der Waals surface area contributed by atoms with Gasteiger partial charge < -0.3 is 4.90 Å². The third-order valence-corrected chi connectivity index (χ3v) is 3.48. The normalized spacial score (nSPS) is 13.9. The molecule has 0 fully saturated rings. The SMILES string of the molecule is CN1C(=O)Cc2cc(-c3cccnc3)cc(Cl)c21. The number of likely N-dealkylation sites (N-methyl/N-ethyl adjacent to an activating group) is 1. The molecule has 0 atom stereocenters. The van der Waals surface area contributed by atoms with Crippen molar-refractivity contribution in [1.82, 2.24) is 4.98 Å². The first-order valence-corrected chi connectivity index (χ1v) is 6.04. The Morgan fingerprint density at radius 3 is 2.89 bits per heavy atom. The first-order valence-electron chi connectivity index (χ1n) is 5.66. The van der Waals surface area contributed by atoms with E-state index in [4.69, 9.17) is 11.6 Å². The lowest BCUT2D eigenvalue weighted by Gasteiger charge is -2.13. The highest BCUT2D eigenvalue weighted by Crippen LogP contribution is 2.38. The lowest BCUT2D eigenvalue weighted by atomic mass is 10.0. The van der Waals surface area contributed by atoms with E-state index in [9.17, 15) is 4.79 Å². The summed E-state index contributed by atoms with van der Waals surface area (Å²) in [5.74, 6) is 0.0789. The van der Waals surface area contributed by atoms with E-state index in [0.717, 1.165) is 22.4 Å². The third kappa shape index (κ3) is 1.68. The first-order chi connectivity index (χ1) is 8.66. The number of aromatic nitrogens is 1. The van der Waals surface area contributed by atoms with Crippen molar-refractivity contribution in [3.8, 4) is 11.1 Å². The van der Waals surface area contributed by atoms with Crippen LogP contribution in [0.4, 0.5) is 5.69 Å². The van der Waals surface area contributed by atoms with Crippen LogP contribution in [0.1, 0.15) is 5.56 Å². The summed E-state index contributed by atoms with van der Waals surface area (Å²) in [5.41, 5.74) is 3.81. The van der Waals surface area contributed by atoms with Crippen LogP contribution in [0.2, 0.25) is 5.02 Å². The molecular weight excluding hydrogens is 248 g/mol. The first kappa shape index (κ1) is 11.2. The van der Waals surface area contributed by atoms with E-state index in [0.29, 0.717) is 11.4 Å². The maximum atomic E-state index is 11.7. The van der Waals surface area contributed by atoms with Gasteiger partial charge in [-0.1, -0.05) is 17.7 Å². The minimum absolute atomic E-state index is 0.0789. The summed E-state index contributed by atoms with van der Waals surface area (Å²) in [6.07, 6.45) is 3.94. The molecule has 1 aliphatic heterocycles. The van der Waals surface area contributed by atoms with Gasteiger partial charge in [0.15, 0.2) is 0 Å². The number of nitrogens with zero attached hydrogens (tertiary/aromatic N) is 2. The van der Waals surface area contributed by atoms with Crippen molar-refractivity contribution in [2.75, 3.05) is 11.9 Å². The summed E-state index contributed by atoms with van der Waals surface area (Å²) in [7, 11) is 1.75. The minimum Gasteiger partial charge on any atom is -0.313 e. The van der Waals surface area contributed by atoms with Crippen LogP contribution < -0.4 is 4.90 Å². The summed E-state index contributed by atoms with van der Waals surface area (Å²) < 4.78 is 0. The Hall–Kier alpha value is -1.87. The quantitative estimate of drug-likeness (QED) is 0.788. The number of carbonyl (C=O) groups excluding carboxylic acids is 1. The van der Waals surface area contributed by atoms with Crippen LogP contribution in [0.15, 0.2) is 36.7 Å². The van der Waals surface area contributed by atoms with Gasteiger partial charge >= 0.3 is 0 Å². The number of benzene rings is 1. The maximum absolute atomic E-state index is 11.7. The van der Waals surface area contributed by atoms with Crippen LogP contribution in [0.3, 0.4) is 0 Å². The van der Waals surface area contributed by atoms with E-state index < -0.39 is 0 Å². The predicted octanol–water partition coefficient (Wildman–Crippen LogP) is 2.92. The number of amides is 1. The summed E-state index contributed by atoms with van der Waals surface area (Å²) in [6.45, 7) is 0. The Balaban J connectivity index is 2.15. The molecule has 4 heteroatoms. The predicted molar refractivity (Wildman–Crippen MR) is 71.8 cm³/mol. The Morgan fingerprint density at radius 1 is 1.33 bits per heavy atom. The van der Waals surface area contributed by atoms with Gasteiger partial charge in [-0.05, 0) is 29.3 Å². The fourth-order valence-electron chi connectivity index (χ4n) is 2.27. The minimum atomic E-state index is 0.0789. The van der Waals surface area contributed by atoms with Crippen molar-refractivity contribution in [2.45, 2.75) is 6.42 Å². The lowest BCUT2D eigenvalue weighted by molar-refractivity contribution is -0.117. The summed E-state index contributed by atoms with van der Waals surface area (Å²) in [6, 6.07) is 7.76. The lowest BCUT2D eigenvalue weighted by Crippen LogP contribution is -2.20. The molecule has 18 heavy (non-hydrogen) atoms. The molecule has 3 nitrogen and oxygen atoms in total. The molecule has 1 aromatic carbocycles. The van der Waals surface area contributed by atoms with Crippen LogP contribution in [-0.2, 0) is 11.2 Å². The van der Waals surface area contributed by atoms with E-state index in [1.807, 2.05) is 24.3 Å². The van der Waals surface area contributed by atoms with Gasteiger partial charge in [0.25, 0.3) is 0 Å². The zero-order chi connectivity index (χ0) is 12.7. The van der Waals surface area contributed by atoms with Crippen LogP contribution in [-0.4, -0.2) is 17.9 Å². The Kier molecular flexibility index (Phi) is 2.56. The molecule has 0 bridgehead atoms. The topological polar surface area (TPSA) is 33.2 Å². The number of pyridine rings is 1. The van der Waals surface area contributed by atoms with Crippen LogP contribution >= 0.6 is 11.6 Å². The van der Waals surface area contributed by atoms with Crippen molar-refractivity contribution in [3.05, 3.63) is 47.2 Å². The maximum Gasteiger partial charge on any atom is 0.231 e. The zero-order valence-electron chi connectivity index (χ0n) is 9.85. The van der Waals surface area contributed by atoms with Crippen LogP contribution in [0, 0.1) is 0 Å². The highest BCUT2D eigenvalue weighted by Gasteiger charge is 2.27. The summed E-state index contributed by atoms with van der Waals surface area (Å²) in [4.78, 5) is 17.4. The van der Waals surface area contributed by atoms with E-state index in [2.05, 4.69) is 4.98 Å². The fraction of sp³-hybridized carbons (Fsp3) is 0.143. The van der Waals surface area contributed by atoms with Gasteiger partial charge in [-0.3, -0.25) is 9.78 Å². The number of rotatable bonds is 1. The molecule has 1 aromatic heterocycles. The number of hydrogen-bond donors (Lipinski definition) is 0. The molecule has 1 amide bonds. The number of hydrogen-bond acceptors (Lipinski definition) is 2. The fourth-order valence-corrected chi connectivity index (χ4v) is 2.64. The molecule has 0 N–H and O–H groups in total. The standard InChI is InChI=1S/C14H11ClN2O/c1-17-13(18)7-11-5-10(6-12(15)14(11)17)9-3-2-4-16-8-9/h2-6,8H,7H2,1H3. The number of anilines is 1. The molecule has 0 saturated heterocycles. The zero-order valence-corrected chi connectivity index (χ0v) is 10.6. The van der Waals surface area contributed by atoms with Gasteiger partial charge in [0, 0.05) is 25.0 Å². The smallest absolute Gasteiger partial charge is 0.231 e. The molecule has 90 valence electrons. The van der Waals surface area contributed by atoms with E-state index in [-0.39, 0.29) is 5.91 Å². The van der Waals surface area contributed by atoms with E-state index in [1.165, 1.54) is 0 Å². The molecule has 3 rings (SSSR count). The second-order valence-electron chi connectivity index (χ2n) is 4.34. The van der Waals surface area contributed by atoms with Crippen molar-refractivity contribution in [3.63, 3.8) is 0 Å². The number of carbonyl (C=O) groups is 1. The molecule has 2 heterocycles. The second-order valence-corrected chi connectivity index (χ2v) is 4.74. The third-order valence-electron chi connectivity index (χ3n) is 3.19. The average Bonchev–Trinajstić information content (AvgIpc) is 2.66. The summed E-state index contributed by atoms with van der Waals surface area (Å²) >= 11 is 6.27. The van der Waals surface area contributed by atoms with Gasteiger partial charge in [0.05, 0.1) is 17.1 Å². The monoisotopic (exact) mass is 258 g/mol. The average molecular weight is 259 g/mol. The number of fused-ring (bicyclic) bond motifs is 1. The molecule has 0 radical (unpaired) electrons. The van der Waals surface area contributed by atoms with Gasteiger partial charge in [-0.2, -0.15) is 0 Å². The molecule has 0 unspecified atom stereocenters. The van der Waals surface area contributed by atoms with E-state index in [1.54, 1.807) is 24.3 Å². The van der Waals surface area contributed by atoms with Gasteiger partial charge in [-0.25, -0.2) is 0 Å². The summed E-state index contributed by atoms with van der Waals surface area (Å²) in [5, 5.41) is 0.611. The van der Waals surface area contributed by atoms with Gasteiger partial charge in [0.2, 0.25) is 5.91 Å².